The predicted molar refractivity (Wildman–Crippen MR) is 114 cm³/mol. The van der Waals surface area contributed by atoms with Gasteiger partial charge >= 0.3 is 0 Å². The van der Waals surface area contributed by atoms with Crippen LogP contribution in [0.15, 0.2) is 65.7 Å². The summed E-state index contributed by atoms with van der Waals surface area (Å²) in [5, 5.41) is 2.28. The summed E-state index contributed by atoms with van der Waals surface area (Å²) in [5.41, 5.74) is 1.99. The van der Waals surface area contributed by atoms with Crippen molar-refractivity contribution < 1.29 is 9.47 Å². The van der Waals surface area contributed by atoms with Crippen LogP contribution in [0.4, 0.5) is 5.69 Å². The van der Waals surface area contributed by atoms with Crippen LogP contribution in [-0.2, 0) is 0 Å². The van der Waals surface area contributed by atoms with E-state index in [2.05, 4.69) is 42.2 Å². The summed E-state index contributed by atoms with van der Waals surface area (Å²) in [7, 11) is 0. The molecule has 0 bridgehead atoms. The molecule has 3 heteroatoms. The highest BCUT2D eigenvalue weighted by molar-refractivity contribution is 6.02. The Morgan fingerprint density at radius 3 is 2.33 bits per heavy atom. The minimum absolute atomic E-state index is 0.668. The number of benzene rings is 3. The van der Waals surface area contributed by atoms with Crippen LogP contribution in [0.3, 0.4) is 0 Å². The first-order valence-electron chi connectivity index (χ1n) is 9.73. The fourth-order valence-electron chi connectivity index (χ4n) is 3.01. The SMILES string of the molecule is CCCCCOc1ccc(C=Nc2ccc(OCC)cc2)c2ccccc12. The first kappa shape index (κ1) is 19.0. The third kappa shape index (κ3) is 5.10. The molecule has 27 heavy (non-hydrogen) atoms. The van der Waals surface area contributed by atoms with E-state index in [1.165, 1.54) is 12.8 Å². The maximum Gasteiger partial charge on any atom is 0.127 e. The fourth-order valence-corrected chi connectivity index (χ4v) is 3.01. The van der Waals surface area contributed by atoms with Gasteiger partial charge in [-0.25, -0.2) is 0 Å². The van der Waals surface area contributed by atoms with E-state index in [9.17, 15) is 0 Å². The topological polar surface area (TPSA) is 30.8 Å². The molecule has 3 aromatic carbocycles. The van der Waals surface area contributed by atoms with Crippen molar-refractivity contribution in [1.29, 1.82) is 0 Å². The van der Waals surface area contributed by atoms with Crippen LogP contribution in [0.5, 0.6) is 11.5 Å². The number of unbranched alkanes of at least 4 members (excludes halogenated alkanes) is 2. The van der Waals surface area contributed by atoms with E-state index in [0.717, 1.165) is 46.6 Å². The van der Waals surface area contributed by atoms with Gasteiger partial charge in [-0.05, 0) is 55.1 Å². The lowest BCUT2D eigenvalue weighted by Crippen LogP contribution is -1.98. The van der Waals surface area contributed by atoms with Gasteiger partial charge in [0.25, 0.3) is 0 Å². The molecule has 0 saturated carbocycles. The van der Waals surface area contributed by atoms with Crippen LogP contribution in [0.25, 0.3) is 10.8 Å². The van der Waals surface area contributed by atoms with Gasteiger partial charge in [0, 0.05) is 17.2 Å². The van der Waals surface area contributed by atoms with Crippen molar-refractivity contribution in [2.75, 3.05) is 13.2 Å². The molecule has 0 aliphatic rings. The summed E-state index contributed by atoms with van der Waals surface area (Å²) in [4.78, 5) is 4.62. The number of aliphatic imine (C=N–C) groups is 1. The predicted octanol–water partition coefficient (Wildman–Crippen LogP) is 6.56. The van der Waals surface area contributed by atoms with Gasteiger partial charge in [-0.15, -0.1) is 0 Å². The highest BCUT2D eigenvalue weighted by Gasteiger charge is 2.05. The van der Waals surface area contributed by atoms with Gasteiger partial charge in [-0.3, -0.25) is 4.99 Å². The normalized spacial score (nSPS) is 11.2. The molecule has 0 amide bonds. The van der Waals surface area contributed by atoms with Gasteiger partial charge in [-0.1, -0.05) is 44.0 Å². The molecule has 0 saturated heterocycles. The first-order valence-corrected chi connectivity index (χ1v) is 9.73. The summed E-state index contributed by atoms with van der Waals surface area (Å²) < 4.78 is 11.5. The molecule has 140 valence electrons. The Kier molecular flexibility index (Phi) is 6.86. The second-order valence-electron chi connectivity index (χ2n) is 6.44. The lowest BCUT2D eigenvalue weighted by Gasteiger charge is -2.11. The van der Waals surface area contributed by atoms with Crippen LogP contribution >= 0.6 is 0 Å². The lowest BCUT2D eigenvalue weighted by molar-refractivity contribution is 0.310. The highest BCUT2D eigenvalue weighted by Crippen LogP contribution is 2.28. The molecule has 3 rings (SSSR count). The number of fused-ring (bicyclic) bond motifs is 1. The number of nitrogens with zero attached hydrogens (tertiary/aromatic N) is 1. The van der Waals surface area contributed by atoms with Crippen molar-refractivity contribution >= 4 is 22.7 Å². The summed E-state index contributed by atoms with van der Waals surface area (Å²) in [6.45, 7) is 5.61. The van der Waals surface area contributed by atoms with Gasteiger partial charge in [0.1, 0.15) is 11.5 Å². The van der Waals surface area contributed by atoms with E-state index in [4.69, 9.17) is 9.47 Å². The fraction of sp³-hybridized carbons (Fsp3) is 0.292. The molecule has 0 fully saturated rings. The Hall–Kier alpha value is -2.81. The van der Waals surface area contributed by atoms with E-state index in [0.29, 0.717) is 6.61 Å². The van der Waals surface area contributed by atoms with Crippen LogP contribution < -0.4 is 9.47 Å². The Morgan fingerprint density at radius 2 is 1.59 bits per heavy atom. The molecule has 0 radical (unpaired) electrons. The minimum atomic E-state index is 0.668. The highest BCUT2D eigenvalue weighted by atomic mass is 16.5. The Bertz CT molecular complexity index is 885. The summed E-state index contributed by atoms with van der Waals surface area (Å²) in [6, 6.07) is 20.3. The van der Waals surface area contributed by atoms with Crippen molar-refractivity contribution in [3.8, 4) is 11.5 Å². The number of hydrogen-bond acceptors (Lipinski definition) is 3. The quantitative estimate of drug-likeness (QED) is 0.319. The molecule has 0 unspecified atom stereocenters. The zero-order chi connectivity index (χ0) is 18.9. The van der Waals surface area contributed by atoms with Gasteiger partial charge < -0.3 is 9.47 Å². The van der Waals surface area contributed by atoms with E-state index < -0.39 is 0 Å². The molecule has 0 N–H and O–H groups in total. The van der Waals surface area contributed by atoms with E-state index >= 15 is 0 Å². The smallest absolute Gasteiger partial charge is 0.127 e. The van der Waals surface area contributed by atoms with Crippen molar-refractivity contribution in [3.05, 3.63) is 66.2 Å². The summed E-state index contributed by atoms with van der Waals surface area (Å²) >= 11 is 0. The largest absolute Gasteiger partial charge is 0.494 e. The molecule has 0 atom stereocenters. The molecular formula is C24H27NO2. The van der Waals surface area contributed by atoms with Crippen molar-refractivity contribution in [2.24, 2.45) is 4.99 Å². The molecule has 0 aromatic heterocycles. The second kappa shape index (κ2) is 9.77. The van der Waals surface area contributed by atoms with Crippen molar-refractivity contribution in [3.63, 3.8) is 0 Å². The average molecular weight is 361 g/mol. The second-order valence-corrected chi connectivity index (χ2v) is 6.44. The third-order valence-corrected chi connectivity index (χ3v) is 4.42. The van der Waals surface area contributed by atoms with Crippen LogP contribution in [0.1, 0.15) is 38.7 Å². The summed E-state index contributed by atoms with van der Waals surface area (Å²) in [6.07, 6.45) is 5.40. The molecule has 0 heterocycles. The lowest BCUT2D eigenvalue weighted by atomic mass is 10.0. The number of ether oxygens (including phenoxy) is 2. The van der Waals surface area contributed by atoms with Gasteiger partial charge in [0.15, 0.2) is 0 Å². The zero-order valence-corrected chi connectivity index (χ0v) is 16.2. The molecular weight excluding hydrogens is 334 g/mol. The van der Waals surface area contributed by atoms with E-state index in [1.54, 1.807) is 0 Å². The first-order chi connectivity index (χ1) is 13.3. The number of rotatable bonds is 9. The summed E-state index contributed by atoms with van der Waals surface area (Å²) in [5.74, 6) is 1.81. The molecule has 3 nitrogen and oxygen atoms in total. The van der Waals surface area contributed by atoms with Gasteiger partial charge in [0.2, 0.25) is 0 Å². The van der Waals surface area contributed by atoms with Crippen molar-refractivity contribution in [1.82, 2.24) is 0 Å². The standard InChI is InChI=1S/C24H27NO2/c1-3-5-8-17-27-24-16-11-19(22-9-6-7-10-23(22)24)18-25-20-12-14-21(15-13-20)26-4-2/h6-7,9-16,18H,3-5,8,17H2,1-2H3. The molecule has 0 aliphatic heterocycles. The van der Waals surface area contributed by atoms with Crippen LogP contribution in [0, 0.1) is 0 Å². The minimum Gasteiger partial charge on any atom is -0.494 e. The molecule has 0 aliphatic carbocycles. The maximum absolute atomic E-state index is 6.02. The third-order valence-electron chi connectivity index (χ3n) is 4.42. The van der Waals surface area contributed by atoms with Gasteiger partial charge in [-0.2, -0.15) is 0 Å². The average Bonchev–Trinajstić information content (AvgIpc) is 2.71. The van der Waals surface area contributed by atoms with Crippen LogP contribution in [0.2, 0.25) is 0 Å². The monoisotopic (exact) mass is 361 g/mol. The van der Waals surface area contributed by atoms with Crippen molar-refractivity contribution in [2.45, 2.75) is 33.1 Å². The Morgan fingerprint density at radius 1 is 0.815 bits per heavy atom. The van der Waals surface area contributed by atoms with E-state index in [1.807, 2.05) is 43.5 Å². The Balaban J connectivity index is 1.80. The number of hydrogen-bond donors (Lipinski definition) is 0. The van der Waals surface area contributed by atoms with Gasteiger partial charge in [0.05, 0.1) is 18.9 Å². The molecule has 3 aromatic rings. The molecule has 0 spiro atoms. The van der Waals surface area contributed by atoms with E-state index in [-0.39, 0.29) is 0 Å². The maximum atomic E-state index is 6.02. The Labute approximate surface area is 161 Å². The zero-order valence-electron chi connectivity index (χ0n) is 16.2. The van der Waals surface area contributed by atoms with Crippen LogP contribution in [-0.4, -0.2) is 19.4 Å².